The van der Waals surface area contributed by atoms with Gasteiger partial charge < -0.3 is 14.2 Å². The van der Waals surface area contributed by atoms with Crippen LogP contribution in [-0.4, -0.2) is 0 Å². The van der Waals surface area contributed by atoms with E-state index >= 15 is 0 Å². The number of hydrogen-bond donors (Lipinski definition) is 1. The first-order valence-electron chi connectivity index (χ1n) is 13.1. The summed E-state index contributed by atoms with van der Waals surface area (Å²) in [5.74, 6) is 0. The Morgan fingerprint density at radius 3 is 1.18 bits per heavy atom. The smallest absolute Gasteiger partial charge is 0.135 e. The molecule has 1 N–H and O–H groups in total. The van der Waals surface area contributed by atoms with Gasteiger partial charge in [0.1, 0.15) is 22.3 Å². The third kappa shape index (κ3) is 3.75. The molecule has 0 bridgehead atoms. The summed E-state index contributed by atoms with van der Waals surface area (Å²) in [5, 5.41) is 8.11. The van der Waals surface area contributed by atoms with Crippen molar-refractivity contribution in [2.24, 2.45) is 0 Å². The van der Waals surface area contributed by atoms with Gasteiger partial charge in [0.2, 0.25) is 0 Å². The van der Waals surface area contributed by atoms with Crippen molar-refractivity contribution < 1.29 is 8.83 Å². The maximum atomic E-state index is 5.98. The molecular formula is C36H23NO2. The Morgan fingerprint density at radius 1 is 0.333 bits per heavy atom. The summed E-state index contributed by atoms with van der Waals surface area (Å²) in [6.07, 6.45) is 0. The molecule has 0 amide bonds. The standard InChI is InChI=1S/C36H23NO2/c1-3-7-33-29(5-1)31-21-25(13-19-35(31)38-33)23-9-15-27(16-10-23)37-28-17-11-24(12-18-28)26-14-20-36-32(22-26)30-6-2-4-8-34(30)39-36/h1-22,37H. The molecule has 8 rings (SSSR count). The summed E-state index contributed by atoms with van der Waals surface area (Å²) >= 11 is 0. The van der Waals surface area contributed by atoms with E-state index in [1.165, 1.54) is 22.3 Å². The van der Waals surface area contributed by atoms with Crippen LogP contribution in [0.1, 0.15) is 0 Å². The highest BCUT2D eigenvalue weighted by molar-refractivity contribution is 6.07. The molecular weight excluding hydrogens is 478 g/mol. The van der Waals surface area contributed by atoms with E-state index in [-0.39, 0.29) is 0 Å². The van der Waals surface area contributed by atoms with Gasteiger partial charge in [-0.3, -0.25) is 0 Å². The number of nitrogens with one attached hydrogen (secondary N) is 1. The van der Waals surface area contributed by atoms with Gasteiger partial charge in [0, 0.05) is 32.9 Å². The van der Waals surface area contributed by atoms with Crippen LogP contribution in [0.5, 0.6) is 0 Å². The molecule has 0 saturated heterocycles. The fraction of sp³-hybridized carbons (Fsp3) is 0. The predicted molar refractivity (Wildman–Crippen MR) is 162 cm³/mol. The summed E-state index contributed by atoms with van der Waals surface area (Å²) in [6.45, 7) is 0. The number of anilines is 2. The Hall–Kier alpha value is -5.28. The molecule has 0 fully saturated rings. The summed E-state index contributed by atoms with van der Waals surface area (Å²) < 4.78 is 12.0. The highest BCUT2D eigenvalue weighted by atomic mass is 16.3. The zero-order valence-electron chi connectivity index (χ0n) is 21.0. The van der Waals surface area contributed by atoms with Crippen molar-refractivity contribution in [1.29, 1.82) is 0 Å². The number of furan rings is 2. The van der Waals surface area contributed by atoms with Crippen LogP contribution >= 0.6 is 0 Å². The van der Waals surface area contributed by atoms with Gasteiger partial charge in [-0.1, -0.05) is 72.8 Å². The normalized spacial score (nSPS) is 11.6. The molecule has 0 aliphatic heterocycles. The van der Waals surface area contributed by atoms with E-state index in [0.29, 0.717) is 0 Å². The molecule has 8 aromatic rings. The maximum absolute atomic E-state index is 5.98. The second kappa shape index (κ2) is 8.64. The monoisotopic (exact) mass is 501 g/mol. The summed E-state index contributed by atoms with van der Waals surface area (Å²) in [7, 11) is 0. The molecule has 0 aliphatic carbocycles. The average Bonchev–Trinajstić information content (AvgIpc) is 3.55. The molecule has 6 aromatic carbocycles. The molecule has 184 valence electrons. The van der Waals surface area contributed by atoms with Crippen LogP contribution in [0.15, 0.2) is 142 Å². The van der Waals surface area contributed by atoms with Gasteiger partial charge in [-0.05, 0) is 82.9 Å². The SMILES string of the molecule is c1ccc2c(c1)oc1ccc(-c3ccc(Nc4ccc(-c5ccc6oc7ccccc7c6c5)cc4)cc3)cc12. The maximum Gasteiger partial charge on any atom is 0.135 e. The van der Waals surface area contributed by atoms with Crippen LogP contribution in [0.3, 0.4) is 0 Å². The Balaban J connectivity index is 1.03. The Morgan fingerprint density at radius 2 is 0.718 bits per heavy atom. The number of fused-ring (bicyclic) bond motifs is 6. The Bertz CT molecular complexity index is 1980. The zero-order chi connectivity index (χ0) is 25.8. The van der Waals surface area contributed by atoms with E-state index in [4.69, 9.17) is 8.83 Å². The molecule has 0 spiro atoms. The van der Waals surface area contributed by atoms with Crippen molar-refractivity contribution in [3.8, 4) is 22.3 Å². The molecule has 0 radical (unpaired) electrons. The average molecular weight is 502 g/mol. The molecule has 0 unspecified atom stereocenters. The van der Waals surface area contributed by atoms with Crippen LogP contribution in [0, 0.1) is 0 Å². The lowest BCUT2D eigenvalue weighted by Gasteiger charge is -2.09. The predicted octanol–water partition coefficient (Wildman–Crippen LogP) is 10.6. The topological polar surface area (TPSA) is 38.3 Å². The molecule has 2 heterocycles. The molecule has 0 aliphatic rings. The third-order valence-corrected chi connectivity index (χ3v) is 7.48. The number of hydrogen-bond acceptors (Lipinski definition) is 3. The quantitative estimate of drug-likeness (QED) is 0.261. The molecule has 3 nitrogen and oxygen atoms in total. The molecule has 39 heavy (non-hydrogen) atoms. The van der Waals surface area contributed by atoms with E-state index in [1.807, 2.05) is 24.3 Å². The molecule has 2 aromatic heterocycles. The van der Waals surface area contributed by atoms with Crippen molar-refractivity contribution in [2.75, 3.05) is 5.32 Å². The molecule has 3 heteroatoms. The van der Waals surface area contributed by atoms with E-state index in [0.717, 1.165) is 55.3 Å². The number of benzene rings is 6. The number of rotatable bonds is 4. The minimum Gasteiger partial charge on any atom is -0.456 e. The second-order valence-corrected chi connectivity index (χ2v) is 9.90. The first-order valence-corrected chi connectivity index (χ1v) is 13.1. The van der Waals surface area contributed by atoms with E-state index < -0.39 is 0 Å². The van der Waals surface area contributed by atoms with Crippen molar-refractivity contribution in [2.45, 2.75) is 0 Å². The first-order chi connectivity index (χ1) is 19.3. The van der Waals surface area contributed by atoms with Crippen LogP contribution in [0.25, 0.3) is 66.1 Å². The largest absolute Gasteiger partial charge is 0.456 e. The van der Waals surface area contributed by atoms with Crippen LogP contribution in [-0.2, 0) is 0 Å². The van der Waals surface area contributed by atoms with Gasteiger partial charge in [-0.25, -0.2) is 0 Å². The Labute approximate surface area is 224 Å². The minimum absolute atomic E-state index is 0.916. The van der Waals surface area contributed by atoms with Crippen LogP contribution in [0.2, 0.25) is 0 Å². The van der Waals surface area contributed by atoms with Crippen molar-refractivity contribution >= 4 is 55.3 Å². The van der Waals surface area contributed by atoms with E-state index in [1.54, 1.807) is 0 Å². The summed E-state index contributed by atoms with van der Waals surface area (Å²) in [5.41, 5.74) is 10.5. The highest BCUT2D eigenvalue weighted by Gasteiger charge is 2.10. The minimum atomic E-state index is 0.916. The first kappa shape index (κ1) is 21.8. The van der Waals surface area contributed by atoms with Gasteiger partial charge >= 0.3 is 0 Å². The number of para-hydroxylation sites is 2. The second-order valence-electron chi connectivity index (χ2n) is 9.90. The lowest BCUT2D eigenvalue weighted by Crippen LogP contribution is -1.90. The van der Waals surface area contributed by atoms with E-state index in [2.05, 4.69) is 115 Å². The lowest BCUT2D eigenvalue weighted by atomic mass is 10.0. The molecule has 0 atom stereocenters. The summed E-state index contributed by atoms with van der Waals surface area (Å²) in [6, 6.07) is 46.3. The van der Waals surface area contributed by atoms with Crippen LogP contribution < -0.4 is 5.32 Å². The van der Waals surface area contributed by atoms with Gasteiger partial charge in [0.15, 0.2) is 0 Å². The fourth-order valence-corrected chi connectivity index (χ4v) is 5.47. The van der Waals surface area contributed by atoms with Crippen molar-refractivity contribution in [3.63, 3.8) is 0 Å². The van der Waals surface area contributed by atoms with Crippen LogP contribution in [0.4, 0.5) is 11.4 Å². The third-order valence-electron chi connectivity index (χ3n) is 7.48. The fourth-order valence-electron chi connectivity index (χ4n) is 5.47. The lowest BCUT2D eigenvalue weighted by molar-refractivity contribution is 0.668. The summed E-state index contributed by atoms with van der Waals surface area (Å²) in [4.78, 5) is 0. The van der Waals surface area contributed by atoms with Gasteiger partial charge in [-0.2, -0.15) is 0 Å². The van der Waals surface area contributed by atoms with Gasteiger partial charge in [0.25, 0.3) is 0 Å². The Kier molecular flexibility index (Phi) is 4.82. The van der Waals surface area contributed by atoms with Crippen molar-refractivity contribution in [3.05, 3.63) is 133 Å². The zero-order valence-corrected chi connectivity index (χ0v) is 21.0. The van der Waals surface area contributed by atoms with E-state index in [9.17, 15) is 0 Å². The van der Waals surface area contributed by atoms with Gasteiger partial charge in [-0.15, -0.1) is 0 Å². The highest BCUT2D eigenvalue weighted by Crippen LogP contribution is 2.34. The molecule has 0 saturated carbocycles. The van der Waals surface area contributed by atoms with Crippen molar-refractivity contribution in [1.82, 2.24) is 0 Å². The van der Waals surface area contributed by atoms with Gasteiger partial charge in [0.05, 0.1) is 0 Å².